The molecule has 1 aromatic heterocycles. The molecule has 2 heterocycles. The topological polar surface area (TPSA) is 62.5 Å². The number of aliphatic imine (C=N–C) groups is 1. The monoisotopic (exact) mass is 425 g/mol. The third kappa shape index (κ3) is 3.99. The van der Waals surface area contributed by atoms with Gasteiger partial charge in [-0.3, -0.25) is 9.79 Å². The van der Waals surface area contributed by atoms with E-state index in [0.29, 0.717) is 39.9 Å². The van der Waals surface area contributed by atoms with Crippen molar-refractivity contribution in [3.8, 4) is 5.69 Å². The molecule has 8 heteroatoms. The Balaban J connectivity index is 1.74. The lowest BCUT2D eigenvalue weighted by atomic mass is 10.00. The standard InChI is InChI=1S/C22H21ClFN5O/c1-28(2)10-9-25-22(30)18-13-29-19-8-7-14(23)11-16(19)21(26-12-20(29)27-18)15-5-3-4-6-17(15)24/h3-8,11,13H,9-10,12H2,1-2H3,(H,25,30). The summed E-state index contributed by atoms with van der Waals surface area (Å²) in [6.45, 7) is 1.47. The summed E-state index contributed by atoms with van der Waals surface area (Å²) < 4.78 is 16.3. The van der Waals surface area contributed by atoms with Crippen molar-refractivity contribution in [2.45, 2.75) is 6.54 Å². The number of imidazole rings is 1. The first kappa shape index (κ1) is 20.3. The van der Waals surface area contributed by atoms with E-state index in [9.17, 15) is 9.18 Å². The van der Waals surface area contributed by atoms with Crippen LogP contribution >= 0.6 is 11.6 Å². The number of carbonyl (C=O) groups excluding carboxylic acids is 1. The second kappa shape index (κ2) is 8.38. The van der Waals surface area contributed by atoms with Gasteiger partial charge in [0.1, 0.15) is 17.3 Å². The first-order valence-corrected chi connectivity index (χ1v) is 9.92. The van der Waals surface area contributed by atoms with Crippen LogP contribution in [-0.2, 0) is 6.54 Å². The van der Waals surface area contributed by atoms with E-state index in [2.05, 4.69) is 15.3 Å². The first-order valence-electron chi connectivity index (χ1n) is 9.55. The Hall–Kier alpha value is -3.03. The molecule has 6 nitrogen and oxygen atoms in total. The molecular formula is C22H21ClFN5O. The summed E-state index contributed by atoms with van der Waals surface area (Å²) in [5, 5.41) is 3.38. The Labute approximate surface area is 179 Å². The van der Waals surface area contributed by atoms with Crippen molar-refractivity contribution in [1.29, 1.82) is 0 Å². The lowest BCUT2D eigenvalue weighted by Crippen LogP contribution is -2.31. The molecular weight excluding hydrogens is 405 g/mol. The Bertz CT molecular complexity index is 1140. The highest BCUT2D eigenvalue weighted by molar-refractivity contribution is 6.31. The van der Waals surface area contributed by atoms with E-state index >= 15 is 0 Å². The molecule has 2 aromatic carbocycles. The van der Waals surface area contributed by atoms with Gasteiger partial charge >= 0.3 is 0 Å². The smallest absolute Gasteiger partial charge is 0.271 e. The zero-order valence-electron chi connectivity index (χ0n) is 16.7. The third-order valence-electron chi connectivity index (χ3n) is 4.84. The molecule has 0 radical (unpaired) electrons. The highest BCUT2D eigenvalue weighted by Crippen LogP contribution is 2.28. The summed E-state index contributed by atoms with van der Waals surface area (Å²) in [6.07, 6.45) is 1.69. The number of halogens is 2. The van der Waals surface area contributed by atoms with Gasteiger partial charge in [0, 0.05) is 35.4 Å². The van der Waals surface area contributed by atoms with E-state index in [1.807, 2.05) is 29.6 Å². The summed E-state index contributed by atoms with van der Waals surface area (Å²) >= 11 is 6.25. The van der Waals surface area contributed by atoms with Crippen molar-refractivity contribution >= 4 is 23.2 Å². The average Bonchev–Trinajstić information content (AvgIpc) is 3.07. The van der Waals surface area contributed by atoms with Crippen LogP contribution in [0.1, 0.15) is 27.4 Å². The molecule has 0 saturated heterocycles. The fraction of sp³-hybridized carbons (Fsp3) is 0.227. The van der Waals surface area contributed by atoms with E-state index in [0.717, 1.165) is 12.2 Å². The molecule has 30 heavy (non-hydrogen) atoms. The highest BCUT2D eigenvalue weighted by atomic mass is 35.5. The number of aromatic nitrogens is 2. The van der Waals surface area contributed by atoms with Crippen LogP contribution in [0.3, 0.4) is 0 Å². The van der Waals surface area contributed by atoms with Crippen LogP contribution in [-0.4, -0.2) is 53.3 Å². The largest absolute Gasteiger partial charge is 0.349 e. The first-order chi connectivity index (χ1) is 14.4. The Morgan fingerprint density at radius 1 is 1.23 bits per heavy atom. The predicted octanol–water partition coefficient (Wildman–Crippen LogP) is 3.31. The van der Waals surface area contributed by atoms with Crippen LogP contribution in [0.15, 0.2) is 53.7 Å². The zero-order chi connectivity index (χ0) is 21.3. The minimum atomic E-state index is -0.359. The van der Waals surface area contributed by atoms with Gasteiger partial charge in [-0.1, -0.05) is 23.7 Å². The number of nitrogens with zero attached hydrogens (tertiary/aromatic N) is 4. The van der Waals surface area contributed by atoms with Crippen LogP contribution in [0, 0.1) is 5.82 Å². The van der Waals surface area contributed by atoms with Crippen molar-refractivity contribution in [3.63, 3.8) is 0 Å². The maximum absolute atomic E-state index is 14.5. The van der Waals surface area contributed by atoms with Crippen molar-refractivity contribution in [2.24, 2.45) is 4.99 Å². The van der Waals surface area contributed by atoms with Gasteiger partial charge in [-0.25, -0.2) is 9.37 Å². The van der Waals surface area contributed by atoms with Gasteiger partial charge in [-0.2, -0.15) is 0 Å². The highest BCUT2D eigenvalue weighted by Gasteiger charge is 2.23. The van der Waals surface area contributed by atoms with Crippen LogP contribution in [0.25, 0.3) is 5.69 Å². The number of hydrogen-bond acceptors (Lipinski definition) is 4. The summed E-state index contributed by atoms with van der Waals surface area (Å²) in [6, 6.07) is 11.8. The average molecular weight is 426 g/mol. The third-order valence-corrected chi connectivity index (χ3v) is 5.07. The van der Waals surface area contributed by atoms with Gasteiger partial charge in [0.25, 0.3) is 5.91 Å². The number of nitrogens with one attached hydrogen (secondary N) is 1. The number of carbonyl (C=O) groups is 1. The minimum absolute atomic E-state index is 0.209. The molecule has 3 aromatic rings. The van der Waals surface area contributed by atoms with Crippen LogP contribution in [0.5, 0.6) is 0 Å². The fourth-order valence-corrected chi connectivity index (χ4v) is 3.53. The van der Waals surface area contributed by atoms with Crippen molar-refractivity contribution in [1.82, 2.24) is 19.8 Å². The number of benzene rings is 2. The van der Waals surface area contributed by atoms with E-state index < -0.39 is 0 Å². The van der Waals surface area contributed by atoms with Crippen molar-refractivity contribution < 1.29 is 9.18 Å². The molecule has 1 aliphatic rings. The second-order valence-electron chi connectivity index (χ2n) is 7.28. The molecule has 1 aliphatic heterocycles. The van der Waals surface area contributed by atoms with Gasteiger partial charge in [-0.15, -0.1) is 0 Å². The predicted molar refractivity (Wildman–Crippen MR) is 115 cm³/mol. The van der Waals surface area contributed by atoms with Gasteiger partial charge in [0.2, 0.25) is 0 Å². The van der Waals surface area contributed by atoms with Gasteiger partial charge in [-0.05, 0) is 44.4 Å². The van der Waals surface area contributed by atoms with Crippen molar-refractivity contribution in [3.05, 3.63) is 82.1 Å². The Kier molecular flexibility index (Phi) is 5.65. The number of likely N-dealkylation sites (N-methyl/N-ethyl adjacent to an activating group) is 1. The van der Waals surface area contributed by atoms with Gasteiger partial charge < -0.3 is 14.8 Å². The van der Waals surface area contributed by atoms with Gasteiger partial charge in [0.15, 0.2) is 0 Å². The maximum atomic E-state index is 14.5. The molecule has 0 unspecified atom stereocenters. The van der Waals surface area contributed by atoms with E-state index in [-0.39, 0.29) is 18.3 Å². The summed E-state index contributed by atoms with van der Waals surface area (Å²) in [4.78, 5) is 23.6. The molecule has 0 fully saturated rings. The minimum Gasteiger partial charge on any atom is -0.349 e. The SMILES string of the molecule is CN(C)CCNC(=O)c1cn2c(n1)CN=C(c1ccccc1F)c1cc(Cl)ccc1-2. The Morgan fingerprint density at radius 3 is 2.80 bits per heavy atom. The molecule has 0 bridgehead atoms. The zero-order valence-corrected chi connectivity index (χ0v) is 17.4. The summed E-state index contributed by atoms with van der Waals surface area (Å²) in [5.41, 5.74) is 2.65. The van der Waals surface area contributed by atoms with Crippen LogP contribution in [0.2, 0.25) is 5.02 Å². The lowest BCUT2D eigenvalue weighted by Gasteiger charge is -2.12. The van der Waals surface area contributed by atoms with Crippen LogP contribution < -0.4 is 5.32 Å². The molecule has 0 atom stereocenters. The Morgan fingerprint density at radius 2 is 2.03 bits per heavy atom. The number of rotatable bonds is 5. The van der Waals surface area contributed by atoms with Crippen LogP contribution in [0.4, 0.5) is 4.39 Å². The second-order valence-corrected chi connectivity index (χ2v) is 7.71. The summed E-state index contributed by atoms with van der Waals surface area (Å²) in [7, 11) is 3.89. The maximum Gasteiger partial charge on any atom is 0.271 e. The molecule has 154 valence electrons. The number of fused-ring (bicyclic) bond motifs is 3. The quantitative estimate of drug-likeness (QED) is 0.682. The normalized spacial score (nSPS) is 12.8. The number of hydrogen-bond donors (Lipinski definition) is 1. The van der Waals surface area contributed by atoms with Crippen molar-refractivity contribution in [2.75, 3.05) is 27.2 Å². The molecule has 0 saturated carbocycles. The molecule has 1 amide bonds. The van der Waals surface area contributed by atoms with E-state index in [1.165, 1.54) is 6.07 Å². The summed E-state index contributed by atoms with van der Waals surface area (Å²) in [5.74, 6) is -0.00316. The van der Waals surface area contributed by atoms with E-state index in [1.54, 1.807) is 36.5 Å². The molecule has 1 N–H and O–H groups in total. The fourth-order valence-electron chi connectivity index (χ4n) is 3.36. The molecule has 0 aliphatic carbocycles. The van der Waals surface area contributed by atoms with E-state index in [4.69, 9.17) is 11.6 Å². The number of amides is 1. The molecule has 0 spiro atoms. The van der Waals surface area contributed by atoms with Gasteiger partial charge in [0.05, 0.1) is 17.9 Å². The lowest BCUT2D eigenvalue weighted by molar-refractivity contribution is 0.0946. The molecule has 4 rings (SSSR count).